The molecule has 2 fully saturated rings. The van der Waals surface area contributed by atoms with Gasteiger partial charge in [-0.05, 0) is 43.0 Å². The Morgan fingerprint density at radius 3 is 2.31 bits per heavy atom. The Labute approximate surface area is 173 Å². The molecular weight excluding hydrogens is 444 g/mol. The molecule has 2 saturated heterocycles. The van der Waals surface area contributed by atoms with Gasteiger partial charge < -0.3 is 15.5 Å². The van der Waals surface area contributed by atoms with E-state index in [1.165, 1.54) is 25.0 Å². The van der Waals surface area contributed by atoms with Gasteiger partial charge in [-0.2, -0.15) is 0 Å². The van der Waals surface area contributed by atoms with Crippen LogP contribution in [0.2, 0.25) is 0 Å². The number of guanidine groups is 1. The minimum Gasteiger partial charge on any atom is -0.370 e. The van der Waals surface area contributed by atoms with Crippen LogP contribution < -0.4 is 10.6 Å². The molecule has 0 unspecified atom stereocenters. The highest BCUT2D eigenvalue weighted by Crippen LogP contribution is 2.17. The zero-order valence-electron chi connectivity index (χ0n) is 15.6. The van der Waals surface area contributed by atoms with E-state index >= 15 is 0 Å². The molecule has 3 rings (SSSR count). The van der Waals surface area contributed by atoms with E-state index in [4.69, 9.17) is 5.73 Å². The third-order valence-electron chi connectivity index (χ3n) is 5.36. The topological polar surface area (TPSA) is 48.1 Å². The van der Waals surface area contributed by atoms with Crippen molar-refractivity contribution in [3.05, 3.63) is 30.1 Å². The third kappa shape index (κ3) is 5.97. The molecule has 0 saturated carbocycles. The summed E-state index contributed by atoms with van der Waals surface area (Å²) in [7, 11) is 0. The van der Waals surface area contributed by atoms with Crippen molar-refractivity contribution < 1.29 is 4.39 Å². The molecule has 2 aliphatic heterocycles. The van der Waals surface area contributed by atoms with Crippen LogP contribution in [0, 0.1) is 11.7 Å². The molecule has 2 aliphatic rings. The standard InChI is InChI=1S/C19H30FN5.HI/c1-16-6-9-25(10-7-16)19(21)22-8-11-23-12-14-24(15-13-23)18-4-2-17(20)3-5-18;/h2-5,16H,6-15H2,1H3,(H2,21,22);1H. The predicted octanol–water partition coefficient (Wildman–Crippen LogP) is 2.61. The van der Waals surface area contributed by atoms with Gasteiger partial charge in [0.2, 0.25) is 0 Å². The first kappa shape index (κ1) is 21.2. The number of benzene rings is 1. The monoisotopic (exact) mass is 475 g/mol. The van der Waals surface area contributed by atoms with Crippen molar-refractivity contribution in [3.8, 4) is 0 Å². The fourth-order valence-electron chi connectivity index (χ4n) is 3.53. The number of nitrogens with two attached hydrogens (primary N) is 1. The van der Waals surface area contributed by atoms with Crippen LogP contribution in [0.5, 0.6) is 0 Å². The van der Waals surface area contributed by atoms with Crippen molar-refractivity contribution in [1.82, 2.24) is 9.80 Å². The highest BCUT2D eigenvalue weighted by atomic mass is 127. The fourth-order valence-corrected chi connectivity index (χ4v) is 3.53. The van der Waals surface area contributed by atoms with Crippen molar-refractivity contribution >= 4 is 35.6 Å². The molecule has 7 heteroatoms. The minimum absolute atomic E-state index is 0. The van der Waals surface area contributed by atoms with E-state index in [-0.39, 0.29) is 29.8 Å². The van der Waals surface area contributed by atoms with E-state index in [1.54, 1.807) is 0 Å². The van der Waals surface area contributed by atoms with Crippen LogP contribution >= 0.6 is 24.0 Å². The van der Waals surface area contributed by atoms with Crippen molar-refractivity contribution in [3.63, 3.8) is 0 Å². The van der Waals surface area contributed by atoms with Gasteiger partial charge in [-0.25, -0.2) is 4.39 Å². The van der Waals surface area contributed by atoms with Gasteiger partial charge in [0.1, 0.15) is 5.82 Å². The van der Waals surface area contributed by atoms with Crippen LogP contribution in [0.3, 0.4) is 0 Å². The van der Waals surface area contributed by atoms with Crippen LogP contribution in [0.1, 0.15) is 19.8 Å². The summed E-state index contributed by atoms with van der Waals surface area (Å²) in [5.41, 5.74) is 7.24. The summed E-state index contributed by atoms with van der Waals surface area (Å²) in [6, 6.07) is 6.77. The zero-order chi connectivity index (χ0) is 17.6. The molecule has 0 atom stereocenters. The average molecular weight is 475 g/mol. The van der Waals surface area contributed by atoms with Crippen molar-refractivity contribution in [2.45, 2.75) is 19.8 Å². The molecule has 5 nitrogen and oxygen atoms in total. The van der Waals surface area contributed by atoms with Gasteiger partial charge in [0, 0.05) is 51.5 Å². The molecule has 0 radical (unpaired) electrons. The number of anilines is 1. The molecule has 0 aliphatic carbocycles. The van der Waals surface area contributed by atoms with E-state index in [9.17, 15) is 4.39 Å². The Kier molecular flexibility index (Phi) is 8.40. The number of piperidine rings is 1. The summed E-state index contributed by atoms with van der Waals surface area (Å²) in [4.78, 5) is 11.5. The lowest BCUT2D eigenvalue weighted by atomic mass is 10.00. The summed E-state index contributed by atoms with van der Waals surface area (Å²) >= 11 is 0. The first-order chi connectivity index (χ1) is 12.1. The van der Waals surface area contributed by atoms with Gasteiger partial charge in [0.25, 0.3) is 0 Å². The van der Waals surface area contributed by atoms with E-state index in [1.807, 2.05) is 12.1 Å². The number of aliphatic imine (C=N–C) groups is 1. The third-order valence-corrected chi connectivity index (χ3v) is 5.36. The van der Waals surface area contributed by atoms with E-state index in [0.717, 1.165) is 64.0 Å². The number of likely N-dealkylation sites (tertiary alicyclic amines) is 1. The number of halogens is 2. The molecule has 26 heavy (non-hydrogen) atoms. The summed E-state index contributed by atoms with van der Waals surface area (Å²) < 4.78 is 13.0. The highest BCUT2D eigenvalue weighted by Gasteiger charge is 2.18. The number of nitrogens with zero attached hydrogens (tertiary/aromatic N) is 4. The van der Waals surface area contributed by atoms with Crippen molar-refractivity contribution in [2.24, 2.45) is 16.6 Å². The number of rotatable bonds is 4. The molecule has 0 amide bonds. The molecule has 2 heterocycles. The predicted molar refractivity (Wildman–Crippen MR) is 117 cm³/mol. The average Bonchev–Trinajstić information content (AvgIpc) is 2.63. The zero-order valence-corrected chi connectivity index (χ0v) is 17.9. The van der Waals surface area contributed by atoms with Gasteiger partial charge in [0.05, 0.1) is 6.54 Å². The van der Waals surface area contributed by atoms with Gasteiger partial charge in [-0.1, -0.05) is 6.92 Å². The Hall–Kier alpha value is -1.09. The SMILES string of the molecule is CC1CCN(C(N)=NCCN2CCN(c3ccc(F)cc3)CC2)CC1.I. The Morgan fingerprint density at radius 2 is 1.69 bits per heavy atom. The summed E-state index contributed by atoms with van der Waals surface area (Å²) in [6.07, 6.45) is 2.42. The molecular formula is C19H31FIN5. The maximum absolute atomic E-state index is 13.0. The van der Waals surface area contributed by atoms with Crippen LogP contribution in [-0.2, 0) is 0 Å². The normalized spacial score (nSPS) is 20.2. The lowest BCUT2D eigenvalue weighted by molar-refractivity contribution is 0.261. The van der Waals surface area contributed by atoms with E-state index in [2.05, 4.69) is 26.6 Å². The van der Waals surface area contributed by atoms with Crippen molar-refractivity contribution in [2.75, 3.05) is 57.3 Å². The Balaban J connectivity index is 0.00000243. The first-order valence-corrected chi connectivity index (χ1v) is 9.39. The van der Waals surface area contributed by atoms with Crippen LogP contribution in [0.15, 0.2) is 29.3 Å². The number of hydrogen-bond donors (Lipinski definition) is 1. The molecule has 0 bridgehead atoms. The maximum Gasteiger partial charge on any atom is 0.191 e. The second-order valence-electron chi connectivity index (χ2n) is 7.21. The number of piperazine rings is 1. The minimum atomic E-state index is -0.180. The quantitative estimate of drug-likeness (QED) is 0.414. The molecule has 1 aromatic carbocycles. The molecule has 0 spiro atoms. The van der Waals surface area contributed by atoms with Gasteiger partial charge in [0.15, 0.2) is 5.96 Å². The largest absolute Gasteiger partial charge is 0.370 e. The highest BCUT2D eigenvalue weighted by molar-refractivity contribution is 14.0. The summed E-state index contributed by atoms with van der Waals surface area (Å²) in [5, 5.41) is 0. The van der Waals surface area contributed by atoms with Crippen LogP contribution in [-0.4, -0.2) is 68.1 Å². The Bertz CT molecular complexity index is 564. The van der Waals surface area contributed by atoms with E-state index < -0.39 is 0 Å². The lowest BCUT2D eigenvalue weighted by Gasteiger charge is -2.36. The molecule has 2 N–H and O–H groups in total. The fraction of sp³-hybridized carbons (Fsp3) is 0.632. The second kappa shape index (κ2) is 10.3. The molecule has 1 aromatic rings. The van der Waals surface area contributed by atoms with Gasteiger partial charge in [-0.15, -0.1) is 24.0 Å². The second-order valence-corrected chi connectivity index (χ2v) is 7.21. The molecule has 146 valence electrons. The summed E-state index contributed by atoms with van der Waals surface area (Å²) in [5.74, 6) is 1.33. The van der Waals surface area contributed by atoms with Crippen LogP contribution in [0.25, 0.3) is 0 Å². The van der Waals surface area contributed by atoms with E-state index in [0.29, 0.717) is 5.96 Å². The maximum atomic E-state index is 13.0. The van der Waals surface area contributed by atoms with Gasteiger partial charge in [-0.3, -0.25) is 9.89 Å². The lowest BCUT2D eigenvalue weighted by Crippen LogP contribution is -2.47. The van der Waals surface area contributed by atoms with Crippen LogP contribution in [0.4, 0.5) is 10.1 Å². The number of hydrogen-bond acceptors (Lipinski definition) is 3. The first-order valence-electron chi connectivity index (χ1n) is 9.39. The van der Waals surface area contributed by atoms with Crippen molar-refractivity contribution in [1.29, 1.82) is 0 Å². The molecule has 0 aromatic heterocycles. The summed E-state index contributed by atoms with van der Waals surface area (Å²) in [6.45, 7) is 10.0. The Morgan fingerprint density at radius 1 is 1.08 bits per heavy atom. The van der Waals surface area contributed by atoms with Gasteiger partial charge >= 0.3 is 0 Å². The smallest absolute Gasteiger partial charge is 0.191 e.